The van der Waals surface area contributed by atoms with E-state index in [0.717, 1.165) is 18.0 Å². The molecule has 1 N–H and O–H groups in total. The number of hydrogen-bond donors (Lipinski definition) is 1. The number of hydrogen-bond acceptors (Lipinski definition) is 4. The van der Waals surface area contributed by atoms with Crippen molar-refractivity contribution in [2.45, 2.75) is 13.5 Å². The van der Waals surface area contributed by atoms with Crippen LogP contribution in [0.1, 0.15) is 11.8 Å². The largest absolute Gasteiger partial charge is 0.473 e. The summed E-state index contributed by atoms with van der Waals surface area (Å²) in [7, 11) is 1.59. The third kappa shape index (κ3) is 2.33. The fourth-order valence-electron chi connectivity index (χ4n) is 0.748. The van der Waals surface area contributed by atoms with Gasteiger partial charge in [-0.25, -0.2) is 0 Å². The summed E-state index contributed by atoms with van der Waals surface area (Å²) in [5.41, 5.74) is 0. The van der Waals surface area contributed by atoms with Gasteiger partial charge in [-0.2, -0.15) is 4.98 Å². The molecule has 0 aliphatic carbocycles. The van der Waals surface area contributed by atoms with Crippen LogP contribution in [0, 0.1) is 0 Å². The highest BCUT2D eigenvalue weighted by Crippen LogP contribution is 2.27. The zero-order valence-corrected chi connectivity index (χ0v) is 8.63. The van der Waals surface area contributed by atoms with E-state index in [1.54, 1.807) is 7.11 Å². The molecule has 0 saturated heterocycles. The van der Waals surface area contributed by atoms with Gasteiger partial charge in [0.25, 0.3) is 5.19 Å². The van der Waals surface area contributed by atoms with E-state index in [0.29, 0.717) is 10.3 Å². The number of nitrogens with zero attached hydrogens (tertiary/aromatic N) is 1. The highest BCUT2D eigenvalue weighted by Gasteiger charge is 2.07. The number of ether oxygens (including phenoxy) is 1. The van der Waals surface area contributed by atoms with Gasteiger partial charge < -0.3 is 10.1 Å². The van der Waals surface area contributed by atoms with Crippen molar-refractivity contribution in [1.82, 2.24) is 10.3 Å². The van der Waals surface area contributed by atoms with Gasteiger partial charge in [0, 0.05) is 6.54 Å². The Kier molecular flexibility index (Phi) is 3.78. The third-order valence-corrected chi connectivity index (χ3v) is 2.78. The van der Waals surface area contributed by atoms with E-state index in [4.69, 9.17) is 16.3 Å². The van der Waals surface area contributed by atoms with E-state index in [1.807, 2.05) is 6.92 Å². The van der Waals surface area contributed by atoms with Gasteiger partial charge in [-0.3, -0.25) is 0 Å². The van der Waals surface area contributed by atoms with Crippen molar-refractivity contribution < 1.29 is 4.74 Å². The lowest BCUT2D eigenvalue weighted by Crippen LogP contribution is -2.10. The van der Waals surface area contributed by atoms with Crippen LogP contribution in [-0.4, -0.2) is 18.6 Å². The Morgan fingerprint density at radius 2 is 2.42 bits per heavy atom. The maximum absolute atomic E-state index is 5.84. The summed E-state index contributed by atoms with van der Waals surface area (Å²) in [5.74, 6) is 0. The minimum atomic E-state index is 0.540. The Hall–Kier alpha value is -0.320. The second-order valence-corrected chi connectivity index (χ2v) is 3.58. The fourth-order valence-corrected chi connectivity index (χ4v) is 1.79. The van der Waals surface area contributed by atoms with Crippen molar-refractivity contribution in [2.75, 3.05) is 13.7 Å². The number of halogens is 1. The lowest BCUT2D eigenvalue weighted by molar-refractivity contribution is 0.412. The van der Waals surface area contributed by atoms with Gasteiger partial charge in [0.05, 0.1) is 12.0 Å². The van der Waals surface area contributed by atoms with Crippen molar-refractivity contribution >= 4 is 22.9 Å². The van der Waals surface area contributed by atoms with E-state index < -0.39 is 0 Å². The first-order valence-corrected chi connectivity index (χ1v) is 4.87. The first-order chi connectivity index (χ1) is 5.77. The maximum atomic E-state index is 5.84. The standard InChI is InChI=1S/C7H11ClN2OS/c1-3-9-4-5-6(8)10-7(11-2)12-5/h9H,3-4H2,1-2H3. The molecule has 0 atom stereocenters. The normalized spacial score (nSPS) is 10.2. The van der Waals surface area contributed by atoms with Gasteiger partial charge in [0.15, 0.2) is 0 Å². The first-order valence-electron chi connectivity index (χ1n) is 3.67. The number of thiazole rings is 1. The molecular weight excluding hydrogens is 196 g/mol. The van der Waals surface area contributed by atoms with E-state index in [2.05, 4.69) is 10.3 Å². The van der Waals surface area contributed by atoms with E-state index >= 15 is 0 Å². The van der Waals surface area contributed by atoms with E-state index in [1.165, 1.54) is 11.3 Å². The summed E-state index contributed by atoms with van der Waals surface area (Å²) < 4.78 is 4.95. The Balaban J connectivity index is 2.64. The second-order valence-electron chi connectivity index (χ2n) is 2.18. The predicted molar refractivity (Wildman–Crippen MR) is 51.1 cm³/mol. The molecule has 0 aliphatic rings. The topological polar surface area (TPSA) is 34.1 Å². The molecule has 0 bridgehead atoms. The van der Waals surface area contributed by atoms with Crippen LogP contribution in [0.25, 0.3) is 0 Å². The van der Waals surface area contributed by atoms with Crippen molar-refractivity contribution in [3.63, 3.8) is 0 Å². The van der Waals surface area contributed by atoms with E-state index in [-0.39, 0.29) is 0 Å². The average Bonchev–Trinajstić information content (AvgIpc) is 2.43. The Morgan fingerprint density at radius 3 is 2.92 bits per heavy atom. The van der Waals surface area contributed by atoms with Crippen LogP contribution < -0.4 is 10.1 Å². The highest BCUT2D eigenvalue weighted by atomic mass is 35.5. The Labute approximate surface area is 80.7 Å². The molecular formula is C7H11ClN2OS. The SMILES string of the molecule is CCNCc1sc(OC)nc1Cl. The molecule has 12 heavy (non-hydrogen) atoms. The molecule has 68 valence electrons. The van der Waals surface area contributed by atoms with Gasteiger partial charge in [0.1, 0.15) is 5.15 Å². The minimum absolute atomic E-state index is 0.540. The summed E-state index contributed by atoms with van der Waals surface area (Å²) in [5, 5.41) is 4.33. The monoisotopic (exact) mass is 206 g/mol. The Bertz CT molecular complexity index is 252. The zero-order chi connectivity index (χ0) is 8.97. The van der Waals surface area contributed by atoms with Crippen LogP contribution in [0.3, 0.4) is 0 Å². The summed E-state index contributed by atoms with van der Waals surface area (Å²) in [6, 6.07) is 0. The van der Waals surface area contributed by atoms with Gasteiger partial charge in [-0.05, 0) is 6.54 Å². The number of rotatable bonds is 4. The zero-order valence-electron chi connectivity index (χ0n) is 7.06. The van der Waals surface area contributed by atoms with Gasteiger partial charge in [-0.15, -0.1) is 0 Å². The molecule has 0 aliphatic heterocycles. The molecule has 0 fully saturated rings. The molecule has 0 saturated carbocycles. The maximum Gasteiger partial charge on any atom is 0.274 e. The number of methoxy groups -OCH3 is 1. The summed E-state index contributed by atoms with van der Waals surface area (Å²) in [6.07, 6.45) is 0. The smallest absolute Gasteiger partial charge is 0.274 e. The fraction of sp³-hybridized carbons (Fsp3) is 0.571. The highest BCUT2D eigenvalue weighted by molar-refractivity contribution is 7.13. The lowest BCUT2D eigenvalue weighted by atomic mass is 10.5. The predicted octanol–water partition coefficient (Wildman–Crippen LogP) is 1.91. The van der Waals surface area contributed by atoms with Crippen molar-refractivity contribution in [3.05, 3.63) is 10.0 Å². The minimum Gasteiger partial charge on any atom is -0.473 e. The van der Waals surface area contributed by atoms with Crippen LogP contribution >= 0.6 is 22.9 Å². The van der Waals surface area contributed by atoms with Gasteiger partial charge in [-0.1, -0.05) is 29.9 Å². The molecule has 0 radical (unpaired) electrons. The van der Waals surface area contributed by atoms with Crippen LogP contribution in [0.2, 0.25) is 5.15 Å². The average molecular weight is 207 g/mol. The summed E-state index contributed by atoms with van der Waals surface area (Å²) in [6.45, 7) is 3.74. The molecule has 1 aromatic heterocycles. The second kappa shape index (κ2) is 4.64. The van der Waals surface area contributed by atoms with Crippen LogP contribution in [0.4, 0.5) is 0 Å². The third-order valence-electron chi connectivity index (χ3n) is 1.34. The van der Waals surface area contributed by atoms with Gasteiger partial charge in [0.2, 0.25) is 0 Å². The molecule has 0 unspecified atom stereocenters. The van der Waals surface area contributed by atoms with Crippen molar-refractivity contribution in [1.29, 1.82) is 0 Å². The van der Waals surface area contributed by atoms with Crippen molar-refractivity contribution in [3.8, 4) is 5.19 Å². The number of nitrogens with one attached hydrogen (secondary N) is 1. The summed E-state index contributed by atoms with van der Waals surface area (Å²) in [4.78, 5) is 5.03. The molecule has 3 nitrogen and oxygen atoms in total. The first kappa shape index (κ1) is 9.77. The molecule has 0 amide bonds. The van der Waals surface area contributed by atoms with Crippen LogP contribution in [0.5, 0.6) is 5.19 Å². The molecule has 1 aromatic rings. The quantitative estimate of drug-likeness (QED) is 0.818. The molecule has 1 heterocycles. The molecule has 1 rings (SSSR count). The molecule has 0 spiro atoms. The van der Waals surface area contributed by atoms with E-state index in [9.17, 15) is 0 Å². The lowest BCUT2D eigenvalue weighted by Gasteiger charge is -1.95. The van der Waals surface area contributed by atoms with Crippen molar-refractivity contribution in [2.24, 2.45) is 0 Å². The number of aromatic nitrogens is 1. The van der Waals surface area contributed by atoms with Crippen LogP contribution in [0.15, 0.2) is 0 Å². The summed E-state index contributed by atoms with van der Waals surface area (Å²) >= 11 is 7.31. The van der Waals surface area contributed by atoms with Gasteiger partial charge >= 0.3 is 0 Å². The molecule has 0 aromatic carbocycles. The molecule has 5 heteroatoms. The Morgan fingerprint density at radius 1 is 1.67 bits per heavy atom. The van der Waals surface area contributed by atoms with Crippen LogP contribution in [-0.2, 0) is 6.54 Å².